The van der Waals surface area contributed by atoms with Crippen molar-refractivity contribution in [1.29, 1.82) is 0 Å². The van der Waals surface area contributed by atoms with Crippen LogP contribution in [0, 0.1) is 0 Å². The first-order valence-electron chi connectivity index (χ1n) is 5.04. The van der Waals surface area contributed by atoms with Gasteiger partial charge in [-0.3, -0.25) is 0 Å². The summed E-state index contributed by atoms with van der Waals surface area (Å²) in [6.45, 7) is 0. The molecule has 0 aliphatic rings. The van der Waals surface area contributed by atoms with Crippen molar-refractivity contribution in [3.8, 4) is 0 Å². The second-order valence-corrected chi connectivity index (χ2v) is 3.61. The molecule has 0 bridgehead atoms. The molecule has 0 saturated heterocycles. The highest BCUT2D eigenvalue weighted by Crippen LogP contribution is 2.30. The Kier molecular flexibility index (Phi) is 2.04. The lowest BCUT2D eigenvalue weighted by molar-refractivity contribution is 0.189. The molecule has 3 heteroatoms. The number of para-hydroxylation sites is 1. The first-order chi connectivity index (χ1) is 7.86. The molecular formula is C13H10O3. The van der Waals surface area contributed by atoms with E-state index in [-0.39, 0.29) is 0 Å². The van der Waals surface area contributed by atoms with Gasteiger partial charge in [0.05, 0.1) is 12.5 Å². The van der Waals surface area contributed by atoms with Gasteiger partial charge in [0, 0.05) is 10.9 Å². The van der Waals surface area contributed by atoms with E-state index in [0.29, 0.717) is 5.76 Å². The quantitative estimate of drug-likeness (QED) is 0.712. The van der Waals surface area contributed by atoms with Gasteiger partial charge in [-0.1, -0.05) is 18.2 Å². The monoisotopic (exact) mass is 214 g/mol. The van der Waals surface area contributed by atoms with E-state index >= 15 is 0 Å². The number of fused-ring (bicyclic) bond motifs is 1. The van der Waals surface area contributed by atoms with Crippen LogP contribution in [0.2, 0.25) is 0 Å². The van der Waals surface area contributed by atoms with Crippen LogP contribution < -0.4 is 0 Å². The Hall–Kier alpha value is -2.00. The van der Waals surface area contributed by atoms with Gasteiger partial charge < -0.3 is 13.9 Å². The van der Waals surface area contributed by atoms with E-state index in [1.807, 2.05) is 24.3 Å². The fraction of sp³-hybridized carbons (Fsp3) is 0.0769. The van der Waals surface area contributed by atoms with Crippen LogP contribution in [0.5, 0.6) is 0 Å². The Labute approximate surface area is 91.9 Å². The first-order valence-corrected chi connectivity index (χ1v) is 5.04. The molecule has 0 spiro atoms. The van der Waals surface area contributed by atoms with Crippen molar-refractivity contribution in [2.45, 2.75) is 6.10 Å². The van der Waals surface area contributed by atoms with Gasteiger partial charge in [0.15, 0.2) is 0 Å². The van der Waals surface area contributed by atoms with Crippen molar-refractivity contribution in [2.24, 2.45) is 0 Å². The summed E-state index contributed by atoms with van der Waals surface area (Å²) in [6.07, 6.45) is 2.33. The van der Waals surface area contributed by atoms with Gasteiger partial charge in [0.25, 0.3) is 0 Å². The van der Waals surface area contributed by atoms with Crippen LogP contribution in [0.4, 0.5) is 0 Å². The minimum absolute atomic E-state index is 0.520. The van der Waals surface area contributed by atoms with Gasteiger partial charge in [0.2, 0.25) is 0 Å². The van der Waals surface area contributed by atoms with Crippen LogP contribution in [0.25, 0.3) is 11.0 Å². The van der Waals surface area contributed by atoms with E-state index in [1.54, 1.807) is 24.7 Å². The largest absolute Gasteiger partial charge is 0.466 e. The van der Waals surface area contributed by atoms with Gasteiger partial charge in [-0.05, 0) is 18.2 Å². The lowest BCUT2D eigenvalue weighted by atomic mass is 10.1. The number of benzene rings is 1. The zero-order valence-electron chi connectivity index (χ0n) is 8.46. The number of rotatable bonds is 2. The van der Waals surface area contributed by atoms with Crippen LogP contribution in [0.3, 0.4) is 0 Å². The Morgan fingerprint density at radius 3 is 2.69 bits per heavy atom. The van der Waals surface area contributed by atoms with E-state index in [1.165, 1.54) is 0 Å². The predicted octanol–water partition coefficient (Wildman–Crippen LogP) is 3.11. The fourth-order valence-corrected chi connectivity index (χ4v) is 1.81. The lowest BCUT2D eigenvalue weighted by Crippen LogP contribution is -1.96. The lowest BCUT2D eigenvalue weighted by Gasteiger charge is -2.04. The summed E-state index contributed by atoms with van der Waals surface area (Å²) < 4.78 is 10.5. The van der Waals surface area contributed by atoms with Crippen LogP contribution in [-0.4, -0.2) is 5.11 Å². The average molecular weight is 214 g/mol. The third kappa shape index (κ3) is 1.33. The molecule has 1 atom stereocenters. The van der Waals surface area contributed by atoms with Gasteiger partial charge in [-0.15, -0.1) is 0 Å². The smallest absolute Gasteiger partial charge is 0.140 e. The molecule has 0 saturated carbocycles. The van der Waals surface area contributed by atoms with Crippen LogP contribution in [0.15, 0.2) is 57.8 Å². The maximum Gasteiger partial charge on any atom is 0.140 e. The summed E-state index contributed by atoms with van der Waals surface area (Å²) in [4.78, 5) is 0. The van der Waals surface area contributed by atoms with Crippen molar-refractivity contribution in [2.75, 3.05) is 0 Å². The number of aliphatic hydroxyl groups excluding tert-OH is 1. The first kappa shape index (κ1) is 9.24. The Balaban J connectivity index is 2.12. The number of aliphatic hydroxyl groups is 1. The molecule has 0 radical (unpaired) electrons. The predicted molar refractivity (Wildman–Crippen MR) is 59.0 cm³/mol. The second-order valence-electron chi connectivity index (χ2n) is 3.61. The molecule has 3 nitrogen and oxygen atoms in total. The molecule has 80 valence electrons. The highest BCUT2D eigenvalue weighted by Gasteiger charge is 2.18. The summed E-state index contributed by atoms with van der Waals surface area (Å²) >= 11 is 0. The zero-order valence-corrected chi connectivity index (χ0v) is 8.46. The molecule has 0 amide bonds. The van der Waals surface area contributed by atoms with Crippen LogP contribution in [-0.2, 0) is 0 Å². The van der Waals surface area contributed by atoms with Gasteiger partial charge in [-0.2, -0.15) is 0 Å². The standard InChI is InChI=1S/C13H10O3/c14-13(12-6-3-7-15-12)10-8-16-11-5-2-1-4-9(10)11/h1-8,13-14H. The highest BCUT2D eigenvalue weighted by atomic mass is 16.4. The Morgan fingerprint density at radius 1 is 1.00 bits per heavy atom. The SMILES string of the molecule is OC(c1ccco1)c1coc2ccccc12. The minimum Gasteiger partial charge on any atom is -0.466 e. The van der Waals surface area contributed by atoms with E-state index in [2.05, 4.69) is 0 Å². The molecule has 0 aliphatic carbocycles. The molecule has 1 aromatic carbocycles. The van der Waals surface area contributed by atoms with Crippen molar-refractivity contribution < 1.29 is 13.9 Å². The van der Waals surface area contributed by atoms with Crippen molar-refractivity contribution in [1.82, 2.24) is 0 Å². The van der Waals surface area contributed by atoms with E-state index in [0.717, 1.165) is 16.5 Å². The van der Waals surface area contributed by atoms with Crippen LogP contribution in [0.1, 0.15) is 17.4 Å². The normalized spacial score (nSPS) is 13.1. The molecule has 2 heterocycles. The molecule has 3 rings (SSSR count). The molecule has 1 N–H and O–H groups in total. The molecule has 0 fully saturated rings. The van der Waals surface area contributed by atoms with Crippen molar-refractivity contribution in [3.63, 3.8) is 0 Å². The third-order valence-corrected chi connectivity index (χ3v) is 2.62. The summed E-state index contributed by atoms with van der Waals surface area (Å²) in [5.74, 6) is 0.520. The fourth-order valence-electron chi connectivity index (χ4n) is 1.81. The molecule has 1 unspecified atom stereocenters. The maximum absolute atomic E-state index is 10.1. The summed E-state index contributed by atoms with van der Waals surface area (Å²) in [5.41, 5.74) is 1.49. The molecule has 0 aliphatic heterocycles. The summed E-state index contributed by atoms with van der Waals surface area (Å²) in [6, 6.07) is 11.1. The third-order valence-electron chi connectivity index (χ3n) is 2.62. The second kappa shape index (κ2) is 3.54. The zero-order chi connectivity index (χ0) is 11.0. The van der Waals surface area contributed by atoms with Crippen molar-refractivity contribution in [3.05, 3.63) is 60.2 Å². The van der Waals surface area contributed by atoms with Gasteiger partial charge in [-0.25, -0.2) is 0 Å². The maximum atomic E-state index is 10.1. The molecule has 16 heavy (non-hydrogen) atoms. The van der Waals surface area contributed by atoms with E-state index in [4.69, 9.17) is 8.83 Å². The van der Waals surface area contributed by atoms with E-state index < -0.39 is 6.10 Å². The van der Waals surface area contributed by atoms with E-state index in [9.17, 15) is 5.11 Å². The highest BCUT2D eigenvalue weighted by molar-refractivity contribution is 5.81. The molecule has 2 aromatic heterocycles. The number of furan rings is 2. The van der Waals surface area contributed by atoms with Crippen LogP contribution >= 0.6 is 0 Å². The van der Waals surface area contributed by atoms with Crippen molar-refractivity contribution >= 4 is 11.0 Å². The number of hydrogen-bond acceptors (Lipinski definition) is 3. The van der Waals surface area contributed by atoms with Gasteiger partial charge in [0.1, 0.15) is 17.4 Å². The molecular weight excluding hydrogens is 204 g/mol. The Morgan fingerprint density at radius 2 is 1.88 bits per heavy atom. The topological polar surface area (TPSA) is 46.5 Å². The molecule has 3 aromatic rings. The average Bonchev–Trinajstić information content (AvgIpc) is 2.98. The minimum atomic E-state index is -0.779. The summed E-state index contributed by atoms with van der Waals surface area (Å²) in [7, 11) is 0. The summed E-state index contributed by atoms with van der Waals surface area (Å²) in [5, 5.41) is 11.0. The van der Waals surface area contributed by atoms with Gasteiger partial charge >= 0.3 is 0 Å². The Bertz CT molecular complexity index is 592. The number of hydrogen-bond donors (Lipinski definition) is 1.